The van der Waals surface area contributed by atoms with E-state index in [1.807, 2.05) is 12.1 Å². The summed E-state index contributed by atoms with van der Waals surface area (Å²) in [5.41, 5.74) is 3.28. The number of hydrogen-bond acceptors (Lipinski definition) is 5. The van der Waals surface area contributed by atoms with Crippen LogP contribution in [0.4, 0.5) is 18.9 Å². The predicted molar refractivity (Wildman–Crippen MR) is 126 cm³/mol. The van der Waals surface area contributed by atoms with Gasteiger partial charge in [0.15, 0.2) is 0 Å². The van der Waals surface area contributed by atoms with E-state index >= 15 is 0 Å². The lowest BCUT2D eigenvalue weighted by Gasteiger charge is -2.30. The van der Waals surface area contributed by atoms with E-state index in [2.05, 4.69) is 25.9 Å². The van der Waals surface area contributed by atoms with Gasteiger partial charge < -0.3 is 14.6 Å². The molecule has 2 aromatic carbocycles. The van der Waals surface area contributed by atoms with E-state index in [4.69, 9.17) is 4.74 Å². The number of nitrogens with one attached hydrogen (secondary N) is 1. The number of alkyl halides is 3. The van der Waals surface area contributed by atoms with Crippen molar-refractivity contribution in [3.8, 4) is 29.1 Å². The Kier molecular flexibility index (Phi) is 5.81. The summed E-state index contributed by atoms with van der Waals surface area (Å²) in [5, 5.41) is 13.4. The quantitative estimate of drug-likeness (QED) is 0.329. The maximum absolute atomic E-state index is 12.9. The van der Waals surface area contributed by atoms with Gasteiger partial charge in [-0.2, -0.15) is 18.4 Å². The van der Waals surface area contributed by atoms with Gasteiger partial charge >= 0.3 is 12.2 Å². The van der Waals surface area contributed by atoms with Crippen molar-refractivity contribution in [2.75, 3.05) is 5.32 Å². The Labute approximate surface area is 200 Å². The van der Waals surface area contributed by atoms with Crippen molar-refractivity contribution in [1.82, 2.24) is 14.5 Å². The number of halogens is 3. The lowest BCUT2D eigenvalue weighted by Crippen LogP contribution is -2.32. The summed E-state index contributed by atoms with van der Waals surface area (Å²) in [4.78, 5) is 8.20. The van der Waals surface area contributed by atoms with Crippen molar-refractivity contribution in [3.05, 3.63) is 66.5 Å². The summed E-state index contributed by atoms with van der Waals surface area (Å²) >= 11 is 0. The van der Waals surface area contributed by atoms with Crippen LogP contribution < -0.4 is 10.1 Å². The standard InChI is InChI=1S/C26H22F3N5O/c1-16(26(27,28)29)33-18-8-6-17(7-9-18)24-22(15-30)21-11-10-20(35-25-31-12-3-13-32-25)14-23(21)34(24)19-4-2-5-19/h3,6-14,16,19,33H,2,4-5H2,1H3/t16-/m1/s1. The van der Waals surface area contributed by atoms with Gasteiger partial charge in [0.1, 0.15) is 17.9 Å². The minimum absolute atomic E-state index is 0.223. The summed E-state index contributed by atoms with van der Waals surface area (Å²) in [7, 11) is 0. The SMILES string of the molecule is C[C@@H](Nc1ccc(-c2c(C#N)c3ccc(Oc4ncccn4)cc3n2C2CCC2)cc1)C(F)(F)F. The van der Waals surface area contributed by atoms with Gasteiger partial charge in [0.2, 0.25) is 0 Å². The summed E-state index contributed by atoms with van der Waals surface area (Å²) in [6, 6.07) is 15.1. The number of aromatic nitrogens is 3. The van der Waals surface area contributed by atoms with E-state index in [1.165, 1.54) is 0 Å². The topological polar surface area (TPSA) is 75.8 Å². The number of nitriles is 1. The molecule has 2 heterocycles. The fraction of sp³-hybridized carbons (Fsp3) is 0.269. The first-order valence-electron chi connectivity index (χ1n) is 11.3. The zero-order valence-corrected chi connectivity index (χ0v) is 18.9. The highest BCUT2D eigenvalue weighted by atomic mass is 19.4. The van der Waals surface area contributed by atoms with E-state index in [9.17, 15) is 18.4 Å². The van der Waals surface area contributed by atoms with Crippen LogP contribution in [-0.4, -0.2) is 26.8 Å². The van der Waals surface area contributed by atoms with Crippen LogP contribution in [0, 0.1) is 11.3 Å². The van der Waals surface area contributed by atoms with Gasteiger partial charge in [-0.25, -0.2) is 9.97 Å². The zero-order valence-electron chi connectivity index (χ0n) is 18.9. The van der Waals surface area contributed by atoms with Gasteiger partial charge in [0.05, 0.1) is 16.8 Å². The molecule has 0 aliphatic heterocycles. The second kappa shape index (κ2) is 8.95. The van der Waals surface area contributed by atoms with E-state index in [0.29, 0.717) is 17.0 Å². The van der Waals surface area contributed by atoms with Crippen LogP contribution in [0.2, 0.25) is 0 Å². The highest BCUT2D eigenvalue weighted by molar-refractivity contribution is 5.95. The molecule has 1 saturated carbocycles. The fourth-order valence-electron chi connectivity index (χ4n) is 4.27. The number of hydrogen-bond donors (Lipinski definition) is 1. The Hall–Kier alpha value is -4.06. The molecule has 1 N–H and O–H groups in total. The van der Waals surface area contributed by atoms with Gasteiger partial charge in [-0.15, -0.1) is 0 Å². The normalized spacial score (nSPS) is 14.8. The Balaban J connectivity index is 1.57. The molecular formula is C26H22F3N5O. The van der Waals surface area contributed by atoms with Gasteiger partial charge in [-0.05, 0) is 62.1 Å². The lowest BCUT2D eigenvalue weighted by molar-refractivity contribution is -0.138. The van der Waals surface area contributed by atoms with E-state index in [0.717, 1.165) is 48.3 Å². The monoisotopic (exact) mass is 477 g/mol. The van der Waals surface area contributed by atoms with Crippen molar-refractivity contribution in [1.29, 1.82) is 5.26 Å². The zero-order chi connectivity index (χ0) is 24.6. The minimum atomic E-state index is -4.34. The van der Waals surface area contributed by atoms with E-state index < -0.39 is 12.2 Å². The second-order valence-electron chi connectivity index (χ2n) is 8.59. The van der Waals surface area contributed by atoms with E-state index in [-0.39, 0.29) is 12.1 Å². The van der Waals surface area contributed by atoms with Crippen LogP contribution in [0.3, 0.4) is 0 Å². The van der Waals surface area contributed by atoms with Crippen LogP contribution in [0.5, 0.6) is 11.8 Å². The van der Waals surface area contributed by atoms with Gasteiger partial charge in [0.25, 0.3) is 0 Å². The van der Waals surface area contributed by atoms with Crippen molar-refractivity contribution in [2.24, 2.45) is 0 Å². The molecule has 2 aromatic heterocycles. The Morgan fingerprint density at radius 2 is 1.83 bits per heavy atom. The smallest absolute Gasteiger partial charge is 0.408 e. The van der Waals surface area contributed by atoms with Gasteiger partial charge in [-0.1, -0.05) is 12.1 Å². The van der Waals surface area contributed by atoms with E-state index in [1.54, 1.807) is 48.8 Å². The van der Waals surface area contributed by atoms with Gasteiger partial charge in [0, 0.05) is 35.6 Å². The molecule has 1 atom stereocenters. The minimum Gasteiger partial charge on any atom is -0.424 e. The molecule has 178 valence electrons. The Morgan fingerprint density at radius 3 is 2.43 bits per heavy atom. The largest absolute Gasteiger partial charge is 0.424 e. The number of nitrogens with zero attached hydrogens (tertiary/aromatic N) is 4. The Morgan fingerprint density at radius 1 is 1.11 bits per heavy atom. The molecular weight excluding hydrogens is 455 g/mol. The number of rotatable bonds is 6. The summed E-state index contributed by atoms with van der Waals surface area (Å²) < 4.78 is 46.8. The van der Waals surface area contributed by atoms with Crippen LogP contribution in [0.15, 0.2) is 60.9 Å². The molecule has 0 saturated heterocycles. The first-order chi connectivity index (χ1) is 16.8. The molecule has 5 rings (SSSR count). The molecule has 35 heavy (non-hydrogen) atoms. The van der Waals surface area contributed by atoms with Crippen LogP contribution in [0.25, 0.3) is 22.2 Å². The molecule has 0 bridgehead atoms. The first-order valence-corrected chi connectivity index (χ1v) is 11.3. The van der Waals surface area contributed by atoms with Crippen LogP contribution >= 0.6 is 0 Å². The van der Waals surface area contributed by atoms with Gasteiger partial charge in [-0.3, -0.25) is 0 Å². The number of anilines is 1. The van der Waals surface area contributed by atoms with Crippen molar-refractivity contribution >= 4 is 16.6 Å². The molecule has 0 amide bonds. The second-order valence-corrected chi connectivity index (χ2v) is 8.59. The lowest BCUT2D eigenvalue weighted by atomic mass is 9.92. The average Bonchev–Trinajstić information content (AvgIpc) is 3.12. The molecule has 9 heteroatoms. The third kappa shape index (κ3) is 4.39. The third-order valence-corrected chi connectivity index (χ3v) is 6.31. The van der Waals surface area contributed by atoms with Crippen molar-refractivity contribution in [3.63, 3.8) is 0 Å². The molecule has 6 nitrogen and oxygen atoms in total. The predicted octanol–water partition coefficient (Wildman–Crippen LogP) is 6.85. The van der Waals surface area contributed by atoms with Crippen LogP contribution in [0.1, 0.15) is 37.8 Å². The van der Waals surface area contributed by atoms with Crippen molar-refractivity contribution < 1.29 is 17.9 Å². The number of benzene rings is 2. The maximum atomic E-state index is 12.9. The number of ether oxygens (including phenoxy) is 1. The average molecular weight is 477 g/mol. The third-order valence-electron chi connectivity index (χ3n) is 6.31. The summed E-state index contributed by atoms with van der Waals surface area (Å²) in [6.45, 7) is 1.08. The molecule has 0 radical (unpaired) electrons. The first kappa shape index (κ1) is 22.7. The summed E-state index contributed by atoms with van der Waals surface area (Å²) in [6.07, 6.45) is 1.91. The molecule has 1 fully saturated rings. The highest BCUT2D eigenvalue weighted by Crippen LogP contribution is 2.43. The van der Waals surface area contributed by atoms with Crippen molar-refractivity contribution in [2.45, 2.75) is 44.4 Å². The molecule has 1 aliphatic carbocycles. The maximum Gasteiger partial charge on any atom is 0.408 e. The number of fused-ring (bicyclic) bond motifs is 1. The highest BCUT2D eigenvalue weighted by Gasteiger charge is 2.36. The molecule has 0 spiro atoms. The molecule has 4 aromatic rings. The Bertz CT molecular complexity index is 1390. The summed E-state index contributed by atoms with van der Waals surface area (Å²) in [5.74, 6) is 0.554. The fourth-order valence-corrected chi connectivity index (χ4v) is 4.27. The van der Waals surface area contributed by atoms with Crippen LogP contribution in [-0.2, 0) is 0 Å². The molecule has 1 aliphatic rings. The molecule has 0 unspecified atom stereocenters.